The molecule has 1 aromatic heterocycles. The Kier molecular flexibility index (Phi) is 3.70. The molecule has 2 aromatic rings. The quantitative estimate of drug-likeness (QED) is 0.826. The monoisotopic (exact) mass is 250 g/mol. The van der Waals surface area contributed by atoms with Gasteiger partial charge < -0.3 is 0 Å². The van der Waals surface area contributed by atoms with Crippen molar-refractivity contribution < 1.29 is 0 Å². The molecule has 0 radical (unpaired) electrons. The normalized spacial score (nSPS) is 11.1. The molecule has 4 heteroatoms. The van der Waals surface area contributed by atoms with Crippen LogP contribution < -0.4 is 0 Å². The molecule has 0 unspecified atom stereocenters. The Morgan fingerprint density at radius 3 is 3.06 bits per heavy atom. The Balaban J connectivity index is 2.28. The molecule has 0 aliphatic carbocycles. The van der Waals surface area contributed by atoms with E-state index in [2.05, 4.69) is 17.7 Å². The molecule has 16 heavy (non-hydrogen) atoms. The van der Waals surface area contributed by atoms with Gasteiger partial charge in [0.05, 0.1) is 11.9 Å². The van der Waals surface area contributed by atoms with Crippen molar-refractivity contribution in [1.82, 2.24) is 9.78 Å². The number of benzene rings is 1. The molecule has 0 amide bonds. The van der Waals surface area contributed by atoms with Gasteiger partial charge in [-0.2, -0.15) is 17.7 Å². The van der Waals surface area contributed by atoms with E-state index >= 15 is 0 Å². The van der Waals surface area contributed by atoms with Gasteiger partial charge >= 0.3 is 0 Å². The van der Waals surface area contributed by atoms with Crippen LogP contribution in [0.2, 0.25) is 5.02 Å². The summed E-state index contributed by atoms with van der Waals surface area (Å²) in [6, 6.07) is 7.59. The molecule has 0 aliphatic rings. The molecule has 0 fully saturated rings. The van der Waals surface area contributed by atoms with Gasteiger partial charge in [0.25, 0.3) is 0 Å². The molecule has 0 aliphatic heterocycles. The van der Waals surface area contributed by atoms with Crippen LogP contribution in [0.3, 0.4) is 0 Å². The molecule has 82 valence electrons. The van der Waals surface area contributed by atoms with Gasteiger partial charge in [-0.1, -0.05) is 29.8 Å². The Bertz CT molecular complexity index is 505. The van der Waals surface area contributed by atoms with E-state index in [4.69, 9.17) is 11.6 Å². The Morgan fingerprint density at radius 2 is 2.31 bits per heavy atom. The highest BCUT2D eigenvalue weighted by Crippen LogP contribution is 2.14. The van der Waals surface area contributed by atoms with E-state index in [0.717, 1.165) is 17.0 Å². The molecule has 1 aromatic carbocycles. The largest absolute Gasteiger partial charge is 0.240 e. The molecule has 0 bridgehead atoms. The van der Waals surface area contributed by atoms with E-state index in [1.54, 1.807) is 10.9 Å². The summed E-state index contributed by atoms with van der Waals surface area (Å²) in [5.74, 6) is 0.725. The highest BCUT2D eigenvalue weighted by atomic mass is 35.5. The molecule has 2 nitrogen and oxygen atoms in total. The molecule has 0 saturated carbocycles. The van der Waals surface area contributed by atoms with Crippen molar-refractivity contribution in [3.63, 3.8) is 0 Å². The van der Waals surface area contributed by atoms with Crippen LogP contribution in [-0.2, 0) is 0 Å². The zero-order valence-electron chi connectivity index (χ0n) is 8.55. The van der Waals surface area contributed by atoms with Crippen molar-refractivity contribution in [3.8, 4) is 5.69 Å². The second-order valence-electron chi connectivity index (χ2n) is 3.28. The maximum Gasteiger partial charge on any atom is 0.0660 e. The lowest BCUT2D eigenvalue weighted by Crippen LogP contribution is -1.92. The fourth-order valence-corrected chi connectivity index (χ4v) is 1.66. The molecule has 0 N–H and O–H groups in total. The predicted molar refractivity (Wildman–Crippen MR) is 71.5 cm³/mol. The smallest absolute Gasteiger partial charge is 0.0660 e. The van der Waals surface area contributed by atoms with Gasteiger partial charge in [-0.15, -0.1) is 0 Å². The van der Waals surface area contributed by atoms with Crippen LogP contribution in [0.5, 0.6) is 0 Å². The zero-order chi connectivity index (χ0) is 11.4. The second-order valence-corrected chi connectivity index (χ2v) is 4.08. The minimum absolute atomic E-state index is 0.709. The predicted octanol–water partition coefficient (Wildman–Crippen LogP) is 3.47. The SMILES string of the molecule is SCC=Cc1cnn(-c2cccc(Cl)c2)c1. The highest BCUT2D eigenvalue weighted by Gasteiger charge is 1.99. The molecule has 0 atom stereocenters. The standard InChI is InChI=1S/C12H11ClN2S/c13-11-4-1-5-12(7-11)15-9-10(8-14-15)3-2-6-16/h1-5,7-9,16H,6H2. The third kappa shape index (κ3) is 2.68. The Hall–Kier alpha value is -1.19. The average molecular weight is 251 g/mol. The number of nitrogens with zero attached hydrogens (tertiary/aromatic N) is 2. The summed E-state index contributed by atoms with van der Waals surface area (Å²) in [5.41, 5.74) is 2.01. The van der Waals surface area contributed by atoms with Crippen LogP contribution in [-0.4, -0.2) is 15.5 Å². The van der Waals surface area contributed by atoms with E-state index in [1.807, 2.05) is 42.6 Å². The molecule has 0 saturated heterocycles. The third-order valence-corrected chi connectivity index (χ3v) is 2.54. The fourth-order valence-electron chi connectivity index (χ4n) is 1.37. The van der Waals surface area contributed by atoms with Crippen molar-refractivity contribution in [2.75, 3.05) is 5.75 Å². The first-order valence-electron chi connectivity index (χ1n) is 4.87. The van der Waals surface area contributed by atoms with Gasteiger partial charge in [0.15, 0.2) is 0 Å². The number of halogens is 1. The first-order chi connectivity index (χ1) is 7.79. The fraction of sp³-hybridized carbons (Fsp3) is 0.0833. The summed E-state index contributed by atoms with van der Waals surface area (Å²) < 4.78 is 1.80. The molecular formula is C12H11ClN2S. The minimum Gasteiger partial charge on any atom is -0.240 e. The summed E-state index contributed by atoms with van der Waals surface area (Å²) in [7, 11) is 0. The second kappa shape index (κ2) is 5.23. The van der Waals surface area contributed by atoms with Crippen LogP contribution in [0, 0.1) is 0 Å². The Labute approximate surface area is 105 Å². The topological polar surface area (TPSA) is 17.8 Å². The van der Waals surface area contributed by atoms with Gasteiger partial charge in [-0.3, -0.25) is 0 Å². The lowest BCUT2D eigenvalue weighted by Gasteiger charge is -2.00. The highest BCUT2D eigenvalue weighted by molar-refractivity contribution is 7.80. The van der Waals surface area contributed by atoms with Crippen LogP contribution in [0.15, 0.2) is 42.7 Å². The number of rotatable bonds is 3. The number of aromatic nitrogens is 2. The van der Waals surface area contributed by atoms with Gasteiger partial charge in [0.1, 0.15) is 0 Å². The van der Waals surface area contributed by atoms with Crippen LogP contribution >= 0.6 is 24.2 Å². The summed E-state index contributed by atoms with van der Waals surface area (Å²) >= 11 is 10.0. The lowest BCUT2D eigenvalue weighted by atomic mass is 10.3. The van der Waals surface area contributed by atoms with Crippen LogP contribution in [0.1, 0.15) is 5.56 Å². The van der Waals surface area contributed by atoms with Crippen LogP contribution in [0.25, 0.3) is 11.8 Å². The average Bonchev–Trinajstić information content (AvgIpc) is 2.75. The number of thiol groups is 1. The van der Waals surface area contributed by atoms with E-state index in [-0.39, 0.29) is 0 Å². The zero-order valence-corrected chi connectivity index (χ0v) is 10.2. The molecular weight excluding hydrogens is 240 g/mol. The van der Waals surface area contributed by atoms with E-state index in [1.165, 1.54) is 0 Å². The van der Waals surface area contributed by atoms with E-state index in [9.17, 15) is 0 Å². The third-order valence-electron chi connectivity index (χ3n) is 2.09. The number of hydrogen-bond acceptors (Lipinski definition) is 2. The maximum absolute atomic E-state index is 5.92. The van der Waals surface area contributed by atoms with Gasteiger partial charge in [-0.25, -0.2) is 4.68 Å². The van der Waals surface area contributed by atoms with Crippen molar-refractivity contribution in [2.24, 2.45) is 0 Å². The van der Waals surface area contributed by atoms with Crippen LogP contribution in [0.4, 0.5) is 0 Å². The van der Waals surface area contributed by atoms with Gasteiger partial charge in [0, 0.05) is 22.5 Å². The number of hydrogen-bond donors (Lipinski definition) is 1. The van der Waals surface area contributed by atoms with Crippen molar-refractivity contribution >= 4 is 30.3 Å². The van der Waals surface area contributed by atoms with Crippen molar-refractivity contribution in [2.45, 2.75) is 0 Å². The van der Waals surface area contributed by atoms with E-state index < -0.39 is 0 Å². The first kappa shape index (κ1) is 11.3. The molecule has 1 heterocycles. The summed E-state index contributed by atoms with van der Waals surface area (Å²) in [5, 5.41) is 4.97. The lowest BCUT2D eigenvalue weighted by molar-refractivity contribution is 0.880. The van der Waals surface area contributed by atoms with Crippen molar-refractivity contribution in [1.29, 1.82) is 0 Å². The van der Waals surface area contributed by atoms with Gasteiger partial charge in [0.2, 0.25) is 0 Å². The van der Waals surface area contributed by atoms with Gasteiger partial charge in [-0.05, 0) is 18.2 Å². The Morgan fingerprint density at radius 1 is 1.44 bits per heavy atom. The first-order valence-corrected chi connectivity index (χ1v) is 5.88. The maximum atomic E-state index is 5.92. The van der Waals surface area contributed by atoms with E-state index in [0.29, 0.717) is 5.02 Å². The van der Waals surface area contributed by atoms with Crippen molar-refractivity contribution in [3.05, 3.63) is 53.3 Å². The summed E-state index contributed by atoms with van der Waals surface area (Å²) in [4.78, 5) is 0. The summed E-state index contributed by atoms with van der Waals surface area (Å²) in [6.45, 7) is 0. The molecule has 0 spiro atoms. The molecule has 2 rings (SSSR count). The minimum atomic E-state index is 0.709. The summed E-state index contributed by atoms with van der Waals surface area (Å²) in [6.07, 6.45) is 7.72.